The lowest BCUT2D eigenvalue weighted by molar-refractivity contribution is 0.669. The highest BCUT2D eigenvalue weighted by Gasteiger charge is 2.51. The van der Waals surface area contributed by atoms with E-state index in [2.05, 4.69) is 181 Å². The third-order valence-electron chi connectivity index (χ3n) is 12.7. The van der Waals surface area contributed by atoms with E-state index in [1.165, 1.54) is 55.6 Å². The molecule has 2 aliphatic carbocycles. The van der Waals surface area contributed by atoms with Crippen molar-refractivity contribution >= 4 is 60.9 Å². The molecule has 1 spiro atoms. The van der Waals surface area contributed by atoms with Crippen LogP contribution in [0.4, 0.5) is 17.1 Å². The third kappa shape index (κ3) is 4.17. The molecule has 0 unspecified atom stereocenters. The van der Waals surface area contributed by atoms with Crippen molar-refractivity contribution in [3.63, 3.8) is 0 Å². The second kappa shape index (κ2) is 11.7. The summed E-state index contributed by atoms with van der Waals surface area (Å²) in [5.74, 6) is 0. The molecule has 0 aliphatic heterocycles. The van der Waals surface area contributed by atoms with Crippen LogP contribution in [0.25, 0.3) is 77.3 Å². The first-order valence-electron chi connectivity index (χ1n) is 19.9. The second-order valence-corrected chi connectivity index (χ2v) is 15.6. The summed E-state index contributed by atoms with van der Waals surface area (Å²) >= 11 is 0. The summed E-state index contributed by atoms with van der Waals surface area (Å²) in [5, 5.41) is 4.44. The zero-order chi connectivity index (χ0) is 38.0. The number of fused-ring (bicyclic) bond motifs is 16. The highest BCUT2D eigenvalue weighted by Crippen LogP contribution is 2.64. The van der Waals surface area contributed by atoms with Crippen molar-refractivity contribution in [2.24, 2.45) is 0 Å². The number of anilines is 3. The Bertz CT molecular complexity index is 3320. The molecule has 0 bridgehead atoms. The summed E-state index contributed by atoms with van der Waals surface area (Å²) in [6.45, 7) is 0. The van der Waals surface area contributed by atoms with Gasteiger partial charge in [0.1, 0.15) is 22.3 Å². The van der Waals surface area contributed by atoms with Gasteiger partial charge in [-0.3, -0.25) is 0 Å². The van der Waals surface area contributed by atoms with Crippen molar-refractivity contribution in [3.05, 3.63) is 222 Å². The van der Waals surface area contributed by atoms with E-state index >= 15 is 0 Å². The summed E-state index contributed by atoms with van der Waals surface area (Å²) in [4.78, 5) is 2.30. The van der Waals surface area contributed by atoms with Gasteiger partial charge in [-0.2, -0.15) is 0 Å². The van der Waals surface area contributed by atoms with Crippen LogP contribution >= 0.6 is 0 Å². The molecule has 2 aliphatic rings. The van der Waals surface area contributed by atoms with E-state index in [9.17, 15) is 0 Å². The molecule has 0 saturated carbocycles. The second-order valence-electron chi connectivity index (χ2n) is 15.6. The lowest BCUT2D eigenvalue weighted by atomic mass is 9.70. The first-order valence-corrected chi connectivity index (χ1v) is 19.9. The first kappa shape index (κ1) is 31.6. The van der Waals surface area contributed by atoms with Crippen LogP contribution in [0.2, 0.25) is 0 Å². The average molecular weight is 740 g/mol. The van der Waals surface area contributed by atoms with E-state index in [0.717, 1.165) is 60.9 Å². The Morgan fingerprint density at radius 1 is 0.310 bits per heavy atom. The van der Waals surface area contributed by atoms with Gasteiger partial charge in [0.2, 0.25) is 0 Å². The Balaban J connectivity index is 0.986. The van der Waals surface area contributed by atoms with Crippen molar-refractivity contribution in [1.29, 1.82) is 0 Å². The topological polar surface area (TPSA) is 29.5 Å². The van der Waals surface area contributed by atoms with E-state index in [1.807, 2.05) is 24.3 Å². The maximum atomic E-state index is 6.41. The van der Waals surface area contributed by atoms with Gasteiger partial charge in [-0.25, -0.2) is 0 Å². The van der Waals surface area contributed by atoms with E-state index in [0.29, 0.717) is 0 Å². The van der Waals surface area contributed by atoms with Gasteiger partial charge in [-0.15, -0.1) is 0 Å². The number of benzene rings is 9. The van der Waals surface area contributed by atoms with Gasteiger partial charge in [-0.05, 0) is 104 Å². The van der Waals surface area contributed by atoms with Gasteiger partial charge < -0.3 is 13.7 Å². The standard InChI is InChI=1S/C55H33NO2/c1-6-18-46-39(12-1)40-13-2-7-19-47(40)55(46)48-20-8-3-16-45(48)54-38(17-11-21-49(54)55)34-24-26-35(27-25-34)56(36-28-30-43-41-14-4-9-22-50(41)57-52(43)32-36)37-29-31-44-42-15-5-10-23-51(42)58-53(44)33-37/h1-33H. The number of hydrogen-bond donors (Lipinski definition) is 0. The van der Waals surface area contributed by atoms with Crippen LogP contribution in [0.3, 0.4) is 0 Å². The van der Waals surface area contributed by atoms with Crippen LogP contribution < -0.4 is 4.90 Å². The fraction of sp³-hybridized carbons (Fsp3) is 0.0182. The van der Waals surface area contributed by atoms with Crippen molar-refractivity contribution in [1.82, 2.24) is 0 Å². The quantitative estimate of drug-likeness (QED) is 0.180. The van der Waals surface area contributed by atoms with Crippen LogP contribution in [0, 0.1) is 0 Å². The van der Waals surface area contributed by atoms with Gasteiger partial charge in [-0.1, -0.05) is 140 Å². The number of rotatable bonds is 4. The van der Waals surface area contributed by atoms with Gasteiger partial charge in [0.15, 0.2) is 0 Å². The summed E-state index contributed by atoms with van der Waals surface area (Å²) in [6, 6.07) is 72.5. The fourth-order valence-electron chi connectivity index (χ4n) is 10.3. The maximum absolute atomic E-state index is 6.41. The summed E-state index contributed by atoms with van der Waals surface area (Å²) in [5.41, 5.74) is 19.2. The molecule has 3 heteroatoms. The molecule has 2 aromatic heterocycles. The summed E-state index contributed by atoms with van der Waals surface area (Å²) in [6.07, 6.45) is 0. The van der Waals surface area contributed by atoms with Crippen LogP contribution in [-0.2, 0) is 5.41 Å². The molecular weight excluding hydrogens is 707 g/mol. The zero-order valence-corrected chi connectivity index (χ0v) is 31.3. The normalized spacial score (nSPS) is 13.3. The first-order chi connectivity index (χ1) is 28.8. The Labute approximate surface area is 334 Å². The van der Waals surface area contributed by atoms with Crippen LogP contribution in [0.15, 0.2) is 209 Å². The molecule has 11 aromatic rings. The number of hydrogen-bond acceptors (Lipinski definition) is 3. The highest BCUT2D eigenvalue weighted by atomic mass is 16.3. The Hall–Kier alpha value is -7.62. The molecule has 58 heavy (non-hydrogen) atoms. The van der Waals surface area contributed by atoms with Gasteiger partial charge >= 0.3 is 0 Å². The third-order valence-corrected chi connectivity index (χ3v) is 12.7. The van der Waals surface area contributed by atoms with Gasteiger partial charge in [0.25, 0.3) is 0 Å². The Kier molecular flexibility index (Phi) is 6.37. The predicted molar refractivity (Wildman–Crippen MR) is 237 cm³/mol. The molecule has 2 heterocycles. The predicted octanol–water partition coefficient (Wildman–Crippen LogP) is 15.0. The molecular formula is C55H33NO2. The number of nitrogens with zero attached hydrogens (tertiary/aromatic N) is 1. The van der Waals surface area contributed by atoms with E-state index in [4.69, 9.17) is 8.83 Å². The zero-order valence-electron chi connectivity index (χ0n) is 31.3. The molecule has 0 N–H and O–H groups in total. The minimum atomic E-state index is -0.379. The van der Waals surface area contributed by atoms with Crippen molar-refractivity contribution < 1.29 is 8.83 Å². The molecule has 270 valence electrons. The van der Waals surface area contributed by atoms with Crippen LogP contribution in [0.5, 0.6) is 0 Å². The molecule has 9 aromatic carbocycles. The minimum absolute atomic E-state index is 0.379. The molecule has 0 radical (unpaired) electrons. The smallest absolute Gasteiger partial charge is 0.137 e. The van der Waals surface area contributed by atoms with Gasteiger partial charge in [0, 0.05) is 50.7 Å². The maximum Gasteiger partial charge on any atom is 0.137 e. The lowest BCUT2D eigenvalue weighted by Gasteiger charge is -2.30. The monoisotopic (exact) mass is 739 g/mol. The fourth-order valence-corrected chi connectivity index (χ4v) is 10.3. The lowest BCUT2D eigenvalue weighted by Crippen LogP contribution is -2.25. The molecule has 13 rings (SSSR count). The van der Waals surface area contributed by atoms with Crippen LogP contribution in [-0.4, -0.2) is 0 Å². The van der Waals surface area contributed by atoms with Crippen molar-refractivity contribution in [2.75, 3.05) is 4.90 Å². The van der Waals surface area contributed by atoms with Crippen molar-refractivity contribution in [3.8, 4) is 33.4 Å². The van der Waals surface area contributed by atoms with Crippen LogP contribution in [0.1, 0.15) is 22.3 Å². The van der Waals surface area contributed by atoms with Crippen molar-refractivity contribution in [2.45, 2.75) is 5.41 Å². The van der Waals surface area contributed by atoms with Gasteiger partial charge in [0.05, 0.1) is 5.41 Å². The number of furan rings is 2. The molecule has 3 nitrogen and oxygen atoms in total. The molecule has 0 amide bonds. The average Bonchev–Trinajstić information content (AvgIpc) is 4.01. The highest BCUT2D eigenvalue weighted by molar-refractivity contribution is 6.08. The SMILES string of the molecule is c1ccc2c(c1)-c1ccccc1C21c2ccccc2-c2c(-c3ccc(N(c4ccc5c(c4)oc4ccccc45)c4ccc5c(c4)oc4ccccc45)cc3)cccc21. The van der Waals surface area contributed by atoms with E-state index in [-0.39, 0.29) is 5.41 Å². The molecule has 0 fully saturated rings. The minimum Gasteiger partial charge on any atom is -0.456 e. The molecule has 0 atom stereocenters. The summed E-state index contributed by atoms with van der Waals surface area (Å²) < 4.78 is 12.8. The number of para-hydroxylation sites is 2. The Morgan fingerprint density at radius 3 is 1.33 bits per heavy atom. The Morgan fingerprint density at radius 2 is 0.741 bits per heavy atom. The largest absolute Gasteiger partial charge is 0.456 e. The van der Waals surface area contributed by atoms with E-state index < -0.39 is 0 Å². The van der Waals surface area contributed by atoms with E-state index in [1.54, 1.807) is 0 Å². The summed E-state index contributed by atoms with van der Waals surface area (Å²) in [7, 11) is 0. The molecule has 0 saturated heterocycles.